The van der Waals surface area contributed by atoms with Crippen molar-refractivity contribution in [3.8, 4) is 0 Å². The first-order valence-electron chi connectivity index (χ1n) is 8.89. The van der Waals surface area contributed by atoms with Crippen molar-refractivity contribution in [3.63, 3.8) is 0 Å². The fourth-order valence-corrected chi connectivity index (χ4v) is 2.85. The average Bonchev–Trinajstić information content (AvgIpc) is 2.71. The van der Waals surface area contributed by atoms with E-state index in [0.717, 1.165) is 39.2 Å². The molecule has 0 aliphatic carbocycles. The minimum Gasteiger partial charge on any atom is -0.399 e. The molecule has 2 saturated heterocycles. The van der Waals surface area contributed by atoms with Crippen molar-refractivity contribution in [3.05, 3.63) is 11.7 Å². The van der Waals surface area contributed by atoms with Crippen molar-refractivity contribution in [2.75, 3.05) is 32.8 Å². The monoisotopic (exact) mass is 337 g/mol. The number of ether oxygens (including phenoxy) is 1. The summed E-state index contributed by atoms with van der Waals surface area (Å²) in [6.07, 6.45) is 4.54. The van der Waals surface area contributed by atoms with Crippen LogP contribution >= 0.6 is 0 Å². The number of hydrogen-bond acceptors (Lipinski definition) is 6. The number of rotatable bonds is 7. The van der Waals surface area contributed by atoms with Crippen LogP contribution in [0.2, 0.25) is 0 Å². The lowest BCUT2D eigenvalue weighted by Crippen LogP contribution is -2.41. The van der Waals surface area contributed by atoms with Crippen LogP contribution in [0.1, 0.15) is 41.0 Å². The highest BCUT2D eigenvalue weighted by molar-refractivity contribution is 6.60. The predicted molar refractivity (Wildman–Crippen MR) is 97.4 cm³/mol. The molecule has 0 amide bonds. The molecule has 2 N–H and O–H groups in total. The normalized spacial score (nSPS) is 27.3. The summed E-state index contributed by atoms with van der Waals surface area (Å²) in [7, 11) is -0.486. The number of nitrogens with one attached hydrogen (secondary N) is 2. The van der Waals surface area contributed by atoms with Gasteiger partial charge in [0.15, 0.2) is 0 Å². The van der Waals surface area contributed by atoms with E-state index < -0.39 is 7.12 Å². The highest BCUT2D eigenvalue weighted by Gasteiger charge is 2.52. The molecular formula is C17H32BN3O3. The van der Waals surface area contributed by atoms with Crippen LogP contribution in [-0.4, -0.2) is 68.3 Å². The van der Waals surface area contributed by atoms with Gasteiger partial charge in [0.1, 0.15) is 0 Å². The molecule has 0 saturated carbocycles. The average molecular weight is 337 g/mol. The van der Waals surface area contributed by atoms with E-state index in [-0.39, 0.29) is 11.2 Å². The van der Waals surface area contributed by atoms with E-state index in [9.17, 15) is 0 Å². The third kappa shape index (κ3) is 4.82. The molecule has 2 aliphatic rings. The lowest BCUT2D eigenvalue weighted by atomic mass is 9.79. The molecule has 1 atom stereocenters. The molecule has 2 fully saturated rings. The smallest absolute Gasteiger partial charge is 0.399 e. The summed E-state index contributed by atoms with van der Waals surface area (Å²) in [6, 6.07) is 0. The first kappa shape index (κ1) is 19.4. The van der Waals surface area contributed by atoms with Crippen LogP contribution in [0.25, 0.3) is 0 Å². The van der Waals surface area contributed by atoms with Gasteiger partial charge in [-0.05, 0) is 47.2 Å². The molecule has 0 bridgehead atoms. The van der Waals surface area contributed by atoms with Crippen molar-refractivity contribution in [2.45, 2.75) is 58.3 Å². The number of hydrogen-bond donors (Lipinski definition) is 2. The minimum absolute atomic E-state index is 0.333. The molecular weight excluding hydrogens is 305 g/mol. The van der Waals surface area contributed by atoms with E-state index in [0.29, 0.717) is 11.6 Å². The maximum atomic E-state index is 7.63. The number of allylic oxidation sites excluding steroid dienone is 1. The van der Waals surface area contributed by atoms with Crippen molar-refractivity contribution >= 4 is 13.3 Å². The highest BCUT2D eigenvalue weighted by atomic mass is 16.7. The molecule has 0 aromatic carbocycles. The van der Waals surface area contributed by atoms with Crippen molar-refractivity contribution in [1.29, 1.82) is 5.41 Å². The van der Waals surface area contributed by atoms with Gasteiger partial charge in [-0.1, -0.05) is 0 Å². The zero-order valence-electron chi connectivity index (χ0n) is 15.7. The maximum absolute atomic E-state index is 7.63. The van der Waals surface area contributed by atoms with Crippen LogP contribution in [0.5, 0.6) is 0 Å². The Morgan fingerprint density at radius 3 is 2.54 bits per heavy atom. The Bertz CT molecular complexity index is 452. The topological polar surface area (TPSA) is 66.8 Å². The van der Waals surface area contributed by atoms with E-state index in [4.69, 9.17) is 19.5 Å². The summed E-state index contributed by atoms with van der Waals surface area (Å²) in [6.45, 7) is 15.0. The summed E-state index contributed by atoms with van der Waals surface area (Å²) >= 11 is 0. The second-order valence-corrected chi connectivity index (χ2v) is 7.67. The molecule has 24 heavy (non-hydrogen) atoms. The van der Waals surface area contributed by atoms with Crippen LogP contribution in [0, 0.1) is 5.41 Å². The lowest BCUT2D eigenvalue weighted by Gasteiger charge is -2.32. The van der Waals surface area contributed by atoms with E-state index in [1.807, 2.05) is 33.9 Å². The summed E-state index contributed by atoms with van der Waals surface area (Å²) in [5.74, 6) is 0. The lowest BCUT2D eigenvalue weighted by molar-refractivity contribution is -0.0183. The van der Waals surface area contributed by atoms with Gasteiger partial charge in [-0.2, -0.15) is 0 Å². The Morgan fingerprint density at radius 1 is 1.29 bits per heavy atom. The number of nitrogens with zero attached hydrogens (tertiary/aromatic N) is 1. The van der Waals surface area contributed by atoms with Crippen LogP contribution in [0.15, 0.2) is 11.7 Å². The summed E-state index contributed by atoms with van der Waals surface area (Å²) in [5.41, 5.74) is -0.0480. The Labute approximate surface area is 146 Å². The van der Waals surface area contributed by atoms with Gasteiger partial charge in [-0.25, -0.2) is 0 Å². The molecule has 1 unspecified atom stereocenters. The zero-order chi connectivity index (χ0) is 17.8. The van der Waals surface area contributed by atoms with Gasteiger partial charge < -0.3 is 24.8 Å². The summed E-state index contributed by atoms with van der Waals surface area (Å²) < 4.78 is 17.5. The quantitative estimate of drug-likeness (QED) is 0.422. The van der Waals surface area contributed by atoms with Gasteiger partial charge in [0, 0.05) is 37.9 Å². The molecule has 2 aliphatic heterocycles. The molecule has 2 rings (SSSR count). The molecule has 6 nitrogen and oxygen atoms in total. The zero-order valence-corrected chi connectivity index (χ0v) is 15.7. The van der Waals surface area contributed by atoms with Gasteiger partial charge in [0.05, 0.1) is 23.9 Å². The van der Waals surface area contributed by atoms with Crippen molar-refractivity contribution < 1.29 is 14.0 Å². The SMILES string of the molecule is CC1CN(CCCN/C=C(\C=N)B2OC(C)(C)C(C)(C)O2)CCO1. The van der Waals surface area contributed by atoms with Gasteiger partial charge >= 0.3 is 7.12 Å². The van der Waals surface area contributed by atoms with E-state index >= 15 is 0 Å². The van der Waals surface area contributed by atoms with Gasteiger partial charge in [0.2, 0.25) is 0 Å². The Balaban J connectivity index is 1.75. The van der Waals surface area contributed by atoms with Crippen molar-refractivity contribution in [2.24, 2.45) is 0 Å². The van der Waals surface area contributed by atoms with E-state index in [1.54, 1.807) is 0 Å². The minimum atomic E-state index is -0.486. The first-order chi connectivity index (χ1) is 11.2. The standard InChI is InChI=1S/C17H32BN3O3/c1-14-13-21(9-10-22-14)8-6-7-20-12-15(11-19)18-23-16(2,3)17(4,5)24-18/h11-12,14,19-20H,6-10,13H2,1-5H3/b15-12+,19-11?. The fourth-order valence-electron chi connectivity index (χ4n) is 2.85. The molecule has 0 spiro atoms. The van der Waals surface area contributed by atoms with Crippen LogP contribution in [-0.2, 0) is 14.0 Å². The van der Waals surface area contributed by atoms with Gasteiger partial charge in [0.25, 0.3) is 0 Å². The van der Waals surface area contributed by atoms with E-state index in [1.165, 1.54) is 6.21 Å². The molecule has 0 aromatic heterocycles. The molecule has 0 aromatic rings. The maximum Gasteiger partial charge on any atom is 0.497 e. The predicted octanol–water partition coefficient (Wildman–Crippen LogP) is 1.85. The summed E-state index contributed by atoms with van der Waals surface area (Å²) in [5, 5.41) is 10.9. The molecule has 2 heterocycles. The molecule has 7 heteroatoms. The highest BCUT2D eigenvalue weighted by Crippen LogP contribution is 2.38. The molecule has 0 radical (unpaired) electrons. The number of morpholine rings is 1. The van der Waals surface area contributed by atoms with Gasteiger partial charge in [-0.15, -0.1) is 0 Å². The van der Waals surface area contributed by atoms with E-state index in [2.05, 4.69) is 17.1 Å². The third-order valence-corrected chi connectivity index (χ3v) is 5.08. The van der Waals surface area contributed by atoms with Gasteiger partial charge in [-0.3, -0.25) is 4.90 Å². The largest absolute Gasteiger partial charge is 0.497 e. The second-order valence-electron chi connectivity index (χ2n) is 7.67. The second kappa shape index (κ2) is 8.00. The Morgan fingerprint density at radius 2 is 1.96 bits per heavy atom. The van der Waals surface area contributed by atoms with Crippen LogP contribution in [0.4, 0.5) is 0 Å². The Hall–Kier alpha value is -0.885. The van der Waals surface area contributed by atoms with Crippen LogP contribution < -0.4 is 5.32 Å². The summed E-state index contributed by atoms with van der Waals surface area (Å²) in [4.78, 5) is 2.44. The first-order valence-corrected chi connectivity index (χ1v) is 8.89. The molecule has 136 valence electrons. The Kier molecular flexibility index (Phi) is 6.48. The fraction of sp³-hybridized carbons (Fsp3) is 0.824. The van der Waals surface area contributed by atoms with Crippen molar-refractivity contribution in [1.82, 2.24) is 10.2 Å². The van der Waals surface area contributed by atoms with Crippen LogP contribution in [0.3, 0.4) is 0 Å². The third-order valence-electron chi connectivity index (χ3n) is 5.08.